The van der Waals surface area contributed by atoms with Gasteiger partial charge in [0.05, 0.1) is 17.4 Å². The van der Waals surface area contributed by atoms with E-state index in [0.717, 1.165) is 11.1 Å². The lowest BCUT2D eigenvalue weighted by molar-refractivity contribution is 0.561. The van der Waals surface area contributed by atoms with Crippen LogP contribution in [0.3, 0.4) is 0 Å². The first-order chi connectivity index (χ1) is 8.49. The number of sulfonamides is 1. The summed E-state index contributed by atoms with van der Waals surface area (Å²) in [6, 6.07) is 6.83. The zero-order valence-corrected chi connectivity index (χ0v) is 12.1. The van der Waals surface area contributed by atoms with Crippen LogP contribution in [0.5, 0.6) is 0 Å². The Bertz CT molecular complexity index is 635. The van der Waals surface area contributed by atoms with Gasteiger partial charge in [0.1, 0.15) is 0 Å². The second-order valence-electron chi connectivity index (χ2n) is 3.89. The second kappa shape index (κ2) is 5.26. The van der Waals surface area contributed by atoms with Gasteiger partial charge in [-0.3, -0.25) is 0 Å². The van der Waals surface area contributed by atoms with Crippen molar-refractivity contribution in [3.63, 3.8) is 0 Å². The van der Waals surface area contributed by atoms with E-state index in [1.54, 1.807) is 24.3 Å². The van der Waals surface area contributed by atoms with Crippen molar-refractivity contribution in [3.05, 3.63) is 52.4 Å². The summed E-state index contributed by atoms with van der Waals surface area (Å²) < 4.78 is 32.1. The lowest BCUT2D eigenvalue weighted by Crippen LogP contribution is -2.23. The van der Waals surface area contributed by atoms with E-state index in [9.17, 15) is 8.42 Å². The molecule has 0 saturated carbocycles. The monoisotopic (exact) mass is 329 g/mol. The zero-order valence-electron chi connectivity index (χ0n) is 9.68. The van der Waals surface area contributed by atoms with Crippen LogP contribution in [0.2, 0.25) is 0 Å². The summed E-state index contributed by atoms with van der Waals surface area (Å²) in [5.41, 5.74) is 1.78. The van der Waals surface area contributed by atoms with Gasteiger partial charge >= 0.3 is 0 Å². The van der Waals surface area contributed by atoms with E-state index in [2.05, 4.69) is 20.7 Å². The molecule has 0 aliphatic heterocycles. The minimum Gasteiger partial charge on any atom is -0.472 e. The summed E-state index contributed by atoms with van der Waals surface area (Å²) in [7, 11) is -3.52. The minimum absolute atomic E-state index is 0.207. The lowest BCUT2D eigenvalue weighted by atomic mass is 10.2. The van der Waals surface area contributed by atoms with Crippen LogP contribution in [0.1, 0.15) is 11.1 Å². The zero-order chi connectivity index (χ0) is 13.2. The fourth-order valence-electron chi connectivity index (χ4n) is 1.47. The molecule has 1 N–H and O–H groups in total. The second-order valence-corrected chi connectivity index (χ2v) is 6.48. The number of hydrogen-bond acceptors (Lipinski definition) is 3. The normalized spacial score (nSPS) is 11.7. The average Bonchev–Trinajstić information content (AvgIpc) is 2.78. The fraction of sp³-hybridized carbons (Fsp3) is 0.167. The van der Waals surface area contributed by atoms with Crippen molar-refractivity contribution in [1.29, 1.82) is 0 Å². The van der Waals surface area contributed by atoms with E-state index in [-0.39, 0.29) is 11.4 Å². The number of rotatable bonds is 4. The number of benzene rings is 1. The molecule has 0 radical (unpaired) electrons. The van der Waals surface area contributed by atoms with E-state index in [4.69, 9.17) is 4.42 Å². The van der Waals surface area contributed by atoms with Gasteiger partial charge in [-0.05, 0) is 46.6 Å². The number of hydrogen-bond donors (Lipinski definition) is 1. The predicted octanol–water partition coefficient (Wildman–Crippen LogP) is 2.83. The van der Waals surface area contributed by atoms with Gasteiger partial charge in [0, 0.05) is 16.6 Å². The molecule has 0 bridgehead atoms. The Morgan fingerprint density at radius 3 is 2.72 bits per heavy atom. The molecule has 0 saturated heterocycles. The van der Waals surface area contributed by atoms with Crippen molar-refractivity contribution in [2.45, 2.75) is 18.4 Å². The van der Waals surface area contributed by atoms with Crippen molar-refractivity contribution in [2.24, 2.45) is 0 Å². The Balaban J connectivity index is 2.20. The maximum atomic E-state index is 12.1. The Kier molecular flexibility index (Phi) is 3.89. The largest absolute Gasteiger partial charge is 0.472 e. The summed E-state index contributed by atoms with van der Waals surface area (Å²) in [6.07, 6.45) is 3.01. The van der Waals surface area contributed by atoms with Crippen molar-refractivity contribution >= 4 is 26.0 Å². The Morgan fingerprint density at radius 1 is 1.33 bits per heavy atom. The fourth-order valence-corrected chi connectivity index (χ4v) is 3.68. The summed E-state index contributed by atoms with van der Waals surface area (Å²) in [5.74, 6) is 0. The molecule has 1 aromatic heterocycles. The minimum atomic E-state index is -3.52. The first kappa shape index (κ1) is 13.3. The molecule has 0 amide bonds. The van der Waals surface area contributed by atoms with Crippen LogP contribution in [-0.2, 0) is 16.6 Å². The third-order valence-electron chi connectivity index (χ3n) is 2.42. The topological polar surface area (TPSA) is 59.3 Å². The summed E-state index contributed by atoms with van der Waals surface area (Å²) in [6.45, 7) is 2.11. The Morgan fingerprint density at radius 2 is 2.11 bits per heavy atom. The molecule has 2 aromatic rings. The molecule has 96 valence electrons. The van der Waals surface area contributed by atoms with Crippen molar-refractivity contribution in [3.8, 4) is 0 Å². The van der Waals surface area contributed by atoms with Crippen LogP contribution in [0, 0.1) is 6.92 Å². The van der Waals surface area contributed by atoms with Crippen molar-refractivity contribution in [1.82, 2.24) is 4.72 Å². The molecule has 0 atom stereocenters. The summed E-state index contributed by atoms with van der Waals surface area (Å²) in [5, 5.41) is 0. The lowest BCUT2D eigenvalue weighted by Gasteiger charge is -2.08. The highest BCUT2D eigenvalue weighted by molar-refractivity contribution is 9.10. The van der Waals surface area contributed by atoms with Gasteiger partial charge in [-0.25, -0.2) is 13.1 Å². The molecule has 18 heavy (non-hydrogen) atoms. The van der Waals surface area contributed by atoms with Crippen LogP contribution >= 0.6 is 15.9 Å². The van der Waals surface area contributed by atoms with E-state index in [1.807, 2.05) is 6.92 Å². The predicted molar refractivity (Wildman–Crippen MR) is 71.6 cm³/mol. The van der Waals surface area contributed by atoms with Crippen LogP contribution < -0.4 is 4.72 Å². The maximum Gasteiger partial charge on any atom is 0.241 e. The SMILES string of the molecule is Cc1ccc(S(=O)(=O)NCc2ccoc2)c(Br)c1. The van der Waals surface area contributed by atoms with E-state index < -0.39 is 10.0 Å². The number of furan rings is 1. The molecular formula is C12H12BrNO3S. The summed E-state index contributed by atoms with van der Waals surface area (Å²) in [4.78, 5) is 0.233. The highest BCUT2D eigenvalue weighted by Gasteiger charge is 2.17. The Labute approximate surface area is 114 Å². The first-order valence-corrected chi connectivity index (χ1v) is 7.53. The molecule has 0 aliphatic carbocycles. The van der Waals surface area contributed by atoms with Gasteiger partial charge in [-0.1, -0.05) is 6.07 Å². The van der Waals surface area contributed by atoms with Crippen LogP contribution in [0.4, 0.5) is 0 Å². The van der Waals surface area contributed by atoms with Gasteiger partial charge < -0.3 is 4.42 Å². The van der Waals surface area contributed by atoms with Gasteiger partial charge in [-0.15, -0.1) is 0 Å². The van der Waals surface area contributed by atoms with Gasteiger partial charge in [-0.2, -0.15) is 0 Å². The van der Waals surface area contributed by atoms with Crippen LogP contribution in [-0.4, -0.2) is 8.42 Å². The van der Waals surface area contributed by atoms with Gasteiger partial charge in [0.2, 0.25) is 10.0 Å². The van der Waals surface area contributed by atoms with E-state index in [1.165, 1.54) is 12.5 Å². The summed E-state index contributed by atoms with van der Waals surface area (Å²) >= 11 is 3.26. The van der Waals surface area contributed by atoms with Crippen LogP contribution in [0.25, 0.3) is 0 Å². The molecule has 0 aliphatic rings. The van der Waals surface area contributed by atoms with E-state index >= 15 is 0 Å². The smallest absolute Gasteiger partial charge is 0.241 e. The molecular weight excluding hydrogens is 318 g/mol. The highest BCUT2D eigenvalue weighted by atomic mass is 79.9. The molecule has 0 unspecified atom stereocenters. The van der Waals surface area contributed by atoms with Crippen molar-refractivity contribution < 1.29 is 12.8 Å². The Hall–Kier alpha value is -1.11. The molecule has 0 spiro atoms. The van der Waals surface area contributed by atoms with E-state index in [0.29, 0.717) is 4.47 Å². The maximum absolute atomic E-state index is 12.1. The number of nitrogens with one attached hydrogen (secondary N) is 1. The van der Waals surface area contributed by atoms with Gasteiger partial charge in [0.25, 0.3) is 0 Å². The molecule has 1 heterocycles. The standard InChI is InChI=1S/C12H12BrNO3S/c1-9-2-3-12(11(13)6-9)18(15,16)14-7-10-4-5-17-8-10/h2-6,8,14H,7H2,1H3. The van der Waals surface area contributed by atoms with Crippen molar-refractivity contribution in [2.75, 3.05) is 0 Å². The molecule has 2 rings (SSSR count). The molecule has 1 aromatic carbocycles. The van der Waals surface area contributed by atoms with Gasteiger partial charge in [0.15, 0.2) is 0 Å². The average molecular weight is 330 g/mol. The third-order valence-corrected chi connectivity index (χ3v) is 4.80. The third kappa shape index (κ3) is 3.01. The number of halogens is 1. The quantitative estimate of drug-likeness (QED) is 0.938. The molecule has 0 fully saturated rings. The molecule has 4 nitrogen and oxygen atoms in total. The number of aryl methyl sites for hydroxylation is 1. The van der Waals surface area contributed by atoms with Crippen LogP contribution in [0.15, 0.2) is 50.6 Å². The molecule has 6 heteroatoms. The highest BCUT2D eigenvalue weighted by Crippen LogP contribution is 2.23. The first-order valence-electron chi connectivity index (χ1n) is 5.26.